The van der Waals surface area contributed by atoms with Crippen LogP contribution in [0.3, 0.4) is 0 Å². The summed E-state index contributed by atoms with van der Waals surface area (Å²) < 4.78 is 35.1. The number of aryl methyl sites for hydroxylation is 1. The van der Waals surface area contributed by atoms with Gasteiger partial charge in [-0.3, -0.25) is 4.79 Å². The van der Waals surface area contributed by atoms with E-state index in [1.165, 1.54) is 36.0 Å². The van der Waals surface area contributed by atoms with Crippen LogP contribution in [0.2, 0.25) is 0 Å². The first kappa shape index (κ1) is 21.8. The lowest BCUT2D eigenvalue weighted by Crippen LogP contribution is -2.29. The van der Waals surface area contributed by atoms with Crippen LogP contribution in [0.5, 0.6) is 0 Å². The number of hydrogen-bond acceptors (Lipinski definition) is 4. The zero-order valence-electron chi connectivity index (χ0n) is 17.3. The predicted octanol–water partition coefficient (Wildman–Crippen LogP) is 5.30. The molecular formula is C24H21F2N3O2S. The van der Waals surface area contributed by atoms with E-state index in [4.69, 9.17) is 4.42 Å². The number of thioether (sulfide) groups is 1. The topological polar surface area (TPSA) is 60.1 Å². The highest BCUT2D eigenvalue weighted by Crippen LogP contribution is 2.24. The maximum absolute atomic E-state index is 13.8. The van der Waals surface area contributed by atoms with Gasteiger partial charge in [-0.2, -0.15) is 0 Å². The van der Waals surface area contributed by atoms with Gasteiger partial charge in [0, 0.05) is 19.4 Å². The molecule has 1 unspecified atom stereocenters. The van der Waals surface area contributed by atoms with Gasteiger partial charge in [0.25, 0.3) is 5.91 Å². The van der Waals surface area contributed by atoms with Gasteiger partial charge in [-0.05, 0) is 53.9 Å². The third-order valence-electron chi connectivity index (χ3n) is 4.89. The van der Waals surface area contributed by atoms with Gasteiger partial charge in [0.1, 0.15) is 17.4 Å². The lowest BCUT2D eigenvalue weighted by molar-refractivity contribution is 0.0907. The molecule has 0 fully saturated rings. The van der Waals surface area contributed by atoms with E-state index in [1.807, 2.05) is 17.8 Å². The van der Waals surface area contributed by atoms with E-state index < -0.39 is 17.8 Å². The molecule has 0 saturated heterocycles. The van der Waals surface area contributed by atoms with E-state index in [0.717, 1.165) is 5.16 Å². The number of hydrogen-bond donors (Lipinski definition) is 1. The summed E-state index contributed by atoms with van der Waals surface area (Å²) >= 11 is 1.50. The number of carbonyl (C=O) groups excluding carboxylic acids is 1. The molecule has 164 valence electrons. The van der Waals surface area contributed by atoms with Crippen LogP contribution in [-0.2, 0) is 19.2 Å². The lowest BCUT2D eigenvalue weighted by atomic mass is 9.98. The highest BCUT2D eigenvalue weighted by Gasteiger charge is 2.20. The zero-order chi connectivity index (χ0) is 22.5. The number of amides is 1. The van der Waals surface area contributed by atoms with Crippen molar-refractivity contribution in [1.82, 2.24) is 14.9 Å². The Labute approximate surface area is 188 Å². The molecule has 2 aromatic carbocycles. The number of benzene rings is 2. The second-order valence-electron chi connectivity index (χ2n) is 7.29. The van der Waals surface area contributed by atoms with Crippen LogP contribution in [0, 0.1) is 11.6 Å². The minimum Gasteiger partial charge on any atom is -0.455 e. The summed E-state index contributed by atoms with van der Waals surface area (Å²) in [4.78, 5) is 17.1. The Balaban J connectivity index is 1.48. The van der Waals surface area contributed by atoms with Gasteiger partial charge in [0.2, 0.25) is 0 Å². The first-order chi connectivity index (χ1) is 15.5. The summed E-state index contributed by atoms with van der Waals surface area (Å²) in [6.07, 6.45) is 3.87. The number of halogens is 2. The van der Waals surface area contributed by atoms with Crippen molar-refractivity contribution < 1.29 is 18.0 Å². The Kier molecular flexibility index (Phi) is 6.70. The second-order valence-corrected chi connectivity index (χ2v) is 8.23. The molecule has 0 spiro atoms. The van der Waals surface area contributed by atoms with E-state index >= 15 is 0 Å². The van der Waals surface area contributed by atoms with E-state index in [0.29, 0.717) is 29.1 Å². The van der Waals surface area contributed by atoms with Gasteiger partial charge in [-0.25, -0.2) is 13.8 Å². The van der Waals surface area contributed by atoms with Crippen molar-refractivity contribution in [2.45, 2.75) is 23.4 Å². The molecule has 0 aliphatic heterocycles. The van der Waals surface area contributed by atoms with Crippen LogP contribution in [0.15, 0.2) is 82.6 Å². The average Bonchev–Trinajstić information content (AvgIpc) is 3.41. The summed E-state index contributed by atoms with van der Waals surface area (Å²) in [6, 6.07) is 14.9. The molecule has 5 nitrogen and oxygen atoms in total. The number of nitrogens with one attached hydrogen (secondary N) is 1. The number of imidazole rings is 1. The van der Waals surface area contributed by atoms with Gasteiger partial charge >= 0.3 is 0 Å². The molecule has 32 heavy (non-hydrogen) atoms. The molecule has 0 radical (unpaired) electrons. The fourth-order valence-electron chi connectivity index (χ4n) is 3.31. The predicted molar refractivity (Wildman–Crippen MR) is 118 cm³/mol. The molecule has 8 heteroatoms. The molecule has 2 aromatic heterocycles. The Bertz CT molecular complexity index is 1220. The molecule has 4 aromatic rings. The minimum absolute atomic E-state index is 0.154. The molecule has 2 heterocycles. The minimum atomic E-state index is -0.560. The Morgan fingerprint density at radius 1 is 1.12 bits per heavy atom. The average molecular weight is 454 g/mol. The molecule has 1 atom stereocenters. The second kappa shape index (κ2) is 9.82. The van der Waals surface area contributed by atoms with E-state index in [9.17, 15) is 13.6 Å². The summed E-state index contributed by atoms with van der Waals surface area (Å²) in [7, 11) is 1.90. The van der Waals surface area contributed by atoms with Crippen LogP contribution >= 0.6 is 11.8 Å². The van der Waals surface area contributed by atoms with Crippen LogP contribution in [-0.4, -0.2) is 15.5 Å². The lowest BCUT2D eigenvalue weighted by Gasteiger charge is -2.19. The number of carbonyl (C=O) groups is 1. The van der Waals surface area contributed by atoms with E-state index in [1.54, 1.807) is 42.6 Å². The Hall–Kier alpha value is -3.39. The molecule has 4 rings (SSSR count). The van der Waals surface area contributed by atoms with Crippen LogP contribution in [0.4, 0.5) is 8.78 Å². The van der Waals surface area contributed by atoms with Gasteiger partial charge in [0.15, 0.2) is 10.9 Å². The summed E-state index contributed by atoms with van der Waals surface area (Å²) in [6.45, 7) is 0. The Morgan fingerprint density at radius 3 is 2.62 bits per heavy atom. The monoisotopic (exact) mass is 453 g/mol. The number of nitrogens with zero attached hydrogens (tertiary/aromatic N) is 2. The maximum Gasteiger partial charge on any atom is 0.287 e. The smallest absolute Gasteiger partial charge is 0.287 e. The molecule has 0 aliphatic carbocycles. The molecule has 1 amide bonds. The number of furan rings is 1. The normalized spacial score (nSPS) is 12.0. The first-order valence-corrected chi connectivity index (χ1v) is 11.0. The summed E-state index contributed by atoms with van der Waals surface area (Å²) in [5, 5.41) is 3.73. The fraction of sp³-hybridized carbons (Fsp3) is 0.167. The highest BCUT2D eigenvalue weighted by atomic mass is 32.2. The third-order valence-corrected chi connectivity index (χ3v) is 5.97. The summed E-state index contributed by atoms with van der Waals surface area (Å²) in [5.74, 6) is 0.107. The standard InChI is InChI=1S/C24H21F2N3O2S/c1-29-11-10-27-24(29)32-15-20-8-9-22(31-20)23(30)28-21(17-5-3-7-19(26)14-17)13-16-4-2-6-18(25)12-16/h2-12,14,21H,13,15H2,1H3,(H,28,30). The van der Waals surface area contributed by atoms with Crippen molar-refractivity contribution in [3.63, 3.8) is 0 Å². The SMILES string of the molecule is Cn1ccnc1SCc1ccc(C(=O)NC(Cc2cccc(F)c2)c2cccc(F)c2)o1. The maximum atomic E-state index is 13.8. The van der Waals surface area contributed by atoms with Crippen molar-refractivity contribution in [2.75, 3.05) is 0 Å². The number of rotatable bonds is 8. The van der Waals surface area contributed by atoms with Gasteiger partial charge < -0.3 is 14.3 Å². The van der Waals surface area contributed by atoms with Crippen molar-refractivity contribution in [3.8, 4) is 0 Å². The number of aromatic nitrogens is 2. The third kappa shape index (κ3) is 5.45. The van der Waals surface area contributed by atoms with Crippen molar-refractivity contribution in [1.29, 1.82) is 0 Å². The van der Waals surface area contributed by atoms with Crippen molar-refractivity contribution in [3.05, 3.63) is 107 Å². The molecule has 0 aliphatic rings. The van der Waals surface area contributed by atoms with Crippen molar-refractivity contribution >= 4 is 17.7 Å². The quantitative estimate of drug-likeness (QED) is 0.368. The highest BCUT2D eigenvalue weighted by molar-refractivity contribution is 7.98. The van der Waals surface area contributed by atoms with Gasteiger partial charge in [-0.1, -0.05) is 36.0 Å². The first-order valence-electron chi connectivity index (χ1n) is 9.97. The van der Waals surface area contributed by atoms with Crippen LogP contribution in [0.25, 0.3) is 0 Å². The van der Waals surface area contributed by atoms with E-state index in [2.05, 4.69) is 10.3 Å². The Morgan fingerprint density at radius 2 is 1.91 bits per heavy atom. The van der Waals surface area contributed by atoms with Crippen molar-refractivity contribution in [2.24, 2.45) is 7.05 Å². The van der Waals surface area contributed by atoms with E-state index in [-0.39, 0.29) is 11.6 Å². The zero-order valence-corrected chi connectivity index (χ0v) is 18.1. The molecule has 0 bridgehead atoms. The summed E-state index contributed by atoms with van der Waals surface area (Å²) in [5.41, 5.74) is 1.27. The van der Waals surface area contributed by atoms with Crippen LogP contribution in [0.1, 0.15) is 33.5 Å². The van der Waals surface area contributed by atoms with Gasteiger partial charge in [-0.15, -0.1) is 0 Å². The molecule has 1 N–H and O–H groups in total. The fourth-order valence-corrected chi connectivity index (χ4v) is 4.14. The largest absolute Gasteiger partial charge is 0.455 e. The van der Waals surface area contributed by atoms with Gasteiger partial charge in [0.05, 0.1) is 11.8 Å². The van der Waals surface area contributed by atoms with Crippen LogP contribution < -0.4 is 5.32 Å². The molecular weight excluding hydrogens is 432 g/mol. The molecule has 0 saturated carbocycles.